The van der Waals surface area contributed by atoms with Crippen LogP contribution in [0.2, 0.25) is 0 Å². The van der Waals surface area contributed by atoms with E-state index in [1.807, 2.05) is 0 Å². The zero-order valence-electron chi connectivity index (χ0n) is 9.27. The first-order valence-corrected chi connectivity index (χ1v) is 7.81. The number of Topliss-reactive ketones (excluding diaryl/α,β-unsaturated/α-hetero) is 1. The zero-order chi connectivity index (χ0) is 14.4. The molecule has 0 saturated carbocycles. The minimum absolute atomic E-state index is 0.0210. The quantitative estimate of drug-likeness (QED) is 0.773. The summed E-state index contributed by atoms with van der Waals surface area (Å²) in [6, 6.07) is 1.48. The van der Waals surface area contributed by atoms with Gasteiger partial charge in [0.25, 0.3) is 20.2 Å². The van der Waals surface area contributed by atoms with Gasteiger partial charge in [0, 0.05) is 17.5 Å². The highest BCUT2D eigenvalue weighted by Crippen LogP contribution is 2.29. The maximum Gasteiger partial charge on any atom is 0.295 e. The lowest BCUT2D eigenvalue weighted by Crippen LogP contribution is -2.13. The molecule has 0 fully saturated rings. The van der Waals surface area contributed by atoms with Gasteiger partial charge in [-0.1, -0.05) is 12.2 Å². The maximum absolute atomic E-state index is 11.6. The standard InChI is InChI=1S/C10H8O7S2/c11-9-3-1-2-7-8(9)4-6(18(12,13)14)5-10(7)19(15,16)17/h1-2,4-5H,3H2,(H,12,13,14)(H,15,16,17). The molecule has 0 aromatic heterocycles. The fourth-order valence-corrected chi connectivity index (χ4v) is 3.10. The van der Waals surface area contributed by atoms with Crippen molar-refractivity contribution in [3.8, 4) is 0 Å². The Morgan fingerprint density at radius 1 is 1.00 bits per heavy atom. The number of allylic oxidation sites excluding steroid dienone is 1. The van der Waals surface area contributed by atoms with Gasteiger partial charge in [-0.3, -0.25) is 13.9 Å². The summed E-state index contributed by atoms with van der Waals surface area (Å²) in [5, 5.41) is 0. The summed E-state index contributed by atoms with van der Waals surface area (Å²) >= 11 is 0. The number of carbonyl (C=O) groups is 1. The average molecular weight is 304 g/mol. The highest BCUT2D eigenvalue weighted by Gasteiger charge is 2.26. The molecular formula is C10H8O7S2. The normalized spacial score (nSPS) is 15.4. The molecule has 1 aliphatic carbocycles. The van der Waals surface area contributed by atoms with Crippen molar-refractivity contribution in [2.75, 3.05) is 0 Å². The molecule has 0 radical (unpaired) electrons. The molecule has 2 N–H and O–H groups in total. The van der Waals surface area contributed by atoms with Gasteiger partial charge >= 0.3 is 0 Å². The van der Waals surface area contributed by atoms with E-state index in [1.165, 1.54) is 12.2 Å². The summed E-state index contributed by atoms with van der Waals surface area (Å²) in [6.45, 7) is 0. The van der Waals surface area contributed by atoms with Crippen LogP contribution in [0.15, 0.2) is 28.0 Å². The van der Waals surface area contributed by atoms with Crippen molar-refractivity contribution in [3.63, 3.8) is 0 Å². The van der Waals surface area contributed by atoms with Crippen LogP contribution in [0.5, 0.6) is 0 Å². The van der Waals surface area contributed by atoms with E-state index >= 15 is 0 Å². The van der Waals surface area contributed by atoms with Gasteiger partial charge in [0.05, 0.1) is 4.90 Å². The second kappa shape index (κ2) is 4.23. The Bertz CT molecular complexity index is 801. The third-order valence-corrected chi connectivity index (χ3v) is 4.30. The van der Waals surface area contributed by atoms with E-state index in [0.717, 1.165) is 6.07 Å². The SMILES string of the molecule is O=C1CC=Cc2c1cc(S(=O)(=O)O)cc2S(=O)(=O)O. The maximum atomic E-state index is 11.6. The van der Waals surface area contributed by atoms with E-state index in [4.69, 9.17) is 9.11 Å². The lowest BCUT2D eigenvalue weighted by molar-refractivity contribution is 0.0994. The van der Waals surface area contributed by atoms with Crippen LogP contribution < -0.4 is 0 Å². The molecule has 2 rings (SSSR count). The van der Waals surface area contributed by atoms with Gasteiger partial charge in [0.2, 0.25) is 0 Å². The number of ketones is 1. The molecule has 0 heterocycles. The molecule has 0 unspecified atom stereocenters. The molecule has 0 atom stereocenters. The van der Waals surface area contributed by atoms with Crippen LogP contribution >= 0.6 is 0 Å². The largest absolute Gasteiger partial charge is 0.295 e. The molecule has 9 heteroatoms. The van der Waals surface area contributed by atoms with E-state index in [0.29, 0.717) is 6.07 Å². The van der Waals surface area contributed by atoms with Gasteiger partial charge < -0.3 is 0 Å². The van der Waals surface area contributed by atoms with Crippen molar-refractivity contribution in [3.05, 3.63) is 29.3 Å². The Kier molecular flexibility index (Phi) is 3.09. The molecule has 1 aromatic carbocycles. The molecule has 1 aliphatic rings. The number of benzene rings is 1. The van der Waals surface area contributed by atoms with E-state index in [-0.39, 0.29) is 17.5 Å². The summed E-state index contributed by atoms with van der Waals surface area (Å²) in [5.74, 6) is -0.507. The van der Waals surface area contributed by atoms with Crippen LogP contribution in [0.3, 0.4) is 0 Å². The van der Waals surface area contributed by atoms with Crippen LogP contribution in [-0.4, -0.2) is 31.7 Å². The summed E-state index contributed by atoms with van der Waals surface area (Å²) in [4.78, 5) is 10.1. The van der Waals surface area contributed by atoms with Gasteiger partial charge in [0.15, 0.2) is 5.78 Å². The van der Waals surface area contributed by atoms with Crippen molar-refractivity contribution in [2.24, 2.45) is 0 Å². The minimum atomic E-state index is -4.73. The Labute approximate surface area is 109 Å². The van der Waals surface area contributed by atoms with Crippen LogP contribution in [0, 0.1) is 0 Å². The second-order valence-electron chi connectivity index (χ2n) is 3.86. The smallest absolute Gasteiger partial charge is 0.294 e. The van der Waals surface area contributed by atoms with Crippen molar-refractivity contribution in [1.29, 1.82) is 0 Å². The monoisotopic (exact) mass is 304 g/mol. The van der Waals surface area contributed by atoms with Gasteiger partial charge in [-0.05, 0) is 12.1 Å². The number of rotatable bonds is 2. The molecule has 0 amide bonds. The number of hydrogen-bond donors (Lipinski definition) is 2. The Balaban J connectivity index is 2.93. The molecule has 0 bridgehead atoms. The van der Waals surface area contributed by atoms with Gasteiger partial charge in [0.1, 0.15) is 4.90 Å². The van der Waals surface area contributed by atoms with E-state index in [1.54, 1.807) is 0 Å². The lowest BCUT2D eigenvalue weighted by Gasteiger charge is -2.14. The molecular weight excluding hydrogens is 296 g/mol. The number of carbonyl (C=O) groups excluding carboxylic acids is 1. The fourth-order valence-electron chi connectivity index (χ4n) is 1.76. The Morgan fingerprint density at radius 3 is 2.16 bits per heavy atom. The topological polar surface area (TPSA) is 126 Å². The predicted molar refractivity (Wildman–Crippen MR) is 64.1 cm³/mol. The van der Waals surface area contributed by atoms with Gasteiger partial charge in [-0.15, -0.1) is 0 Å². The highest BCUT2D eigenvalue weighted by molar-refractivity contribution is 7.86. The minimum Gasteiger partial charge on any atom is -0.294 e. The van der Waals surface area contributed by atoms with Crippen LogP contribution in [0.25, 0.3) is 6.08 Å². The van der Waals surface area contributed by atoms with Crippen molar-refractivity contribution >= 4 is 32.1 Å². The van der Waals surface area contributed by atoms with Crippen LogP contribution in [0.4, 0.5) is 0 Å². The second-order valence-corrected chi connectivity index (χ2v) is 6.67. The van der Waals surface area contributed by atoms with Crippen LogP contribution in [-0.2, 0) is 20.2 Å². The summed E-state index contributed by atoms with van der Waals surface area (Å²) in [7, 11) is -9.42. The van der Waals surface area contributed by atoms with Crippen LogP contribution in [0.1, 0.15) is 22.3 Å². The Morgan fingerprint density at radius 2 is 1.63 bits per heavy atom. The first kappa shape index (κ1) is 13.9. The molecule has 0 saturated heterocycles. The Hall–Kier alpha value is -1.55. The molecule has 7 nitrogen and oxygen atoms in total. The van der Waals surface area contributed by atoms with E-state index < -0.39 is 35.8 Å². The summed E-state index contributed by atoms with van der Waals surface area (Å²) < 4.78 is 62.6. The first-order valence-electron chi connectivity index (χ1n) is 4.93. The summed E-state index contributed by atoms with van der Waals surface area (Å²) in [6.07, 6.45) is 2.67. The summed E-state index contributed by atoms with van der Waals surface area (Å²) in [5.41, 5.74) is -0.267. The van der Waals surface area contributed by atoms with Gasteiger partial charge in [-0.2, -0.15) is 16.8 Å². The third kappa shape index (κ3) is 2.59. The average Bonchev–Trinajstić information content (AvgIpc) is 2.25. The molecule has 19 heavy (non-hydrogen) atoms. The first-order chi connectivity index (χ1) is 8.60. The molecule has 1 aromatic rings. The molecule has 0 aliphatic heterocycles. The third-order valence-electron chi connectivity index (χ3n) is 2.58. The predicted octanol–water partition coefficient (Wildman–Crippen LogP) is 0.780. The highest BCUT2D eigenvalue weighted by atomic mass is 32.2. The van der Waals surface area contributed by atoms with Crippen molar-refractivity contribution in [2.45, 2.75) is 16.2 Å². The fraction of sp³-hybridized carbons (Fsp3) is 0.100. The number of fused-ring (bicyclic) bond motifs is 1. The van der Waals surface area contributed by atoms with Crippen molar-refractivity contribution in [1.82, 2.24) is 0 Å². The number of hydrogen-bond acceptors (Lipinski definition) is 5. The van der Waals surface area contributed by atoms with Gasteiger partial charge in [-0.25, -0.2) is 0 Å². The van der Waals surface area contributed by atoms with E-state index in [9.17, 15) is 21.6 Å². The van der Waals surface area contributed by atoms with Crippen molar-refractivity contribution < 1.29 is 30.7 Å². The molecule has 102 valence electrons. The van der Waals surface area contributed by atoms with E-state index in [2.05, 4.69) is 0 Å². The lowest BCUT2D eigenvalue weighted by atomic mass is 9.96. The molecule has 0 spiro atoms. The zero-order valence-corrected chi connectivity index (χ0v) is 10.9.